The smallest absolute Gasteiger partial charge is 0.481 e. The van der Waals surface area contributed by atoms with Gasteiger partial charge in [-0.15, -0.1) is 0 Å². The Hall–Kier alpha value is -1.92. The molecule has 202 valence electrons. The first-order valence-corrected chi connectivity index (χ1v) is 11.6. The largest absolute Gasteiger partial charge is 0.490 e. The van der Waals surface area contributed by atoms with Gasteiger partial charge in [0.15, 0.2) is 0 Å². The van der Waals surface area contributed by atoms with Gasteiger partial charge in [-0.25, -0.2) is 9.59 Å². The summed E-state index contributed by atoms with van der Waals surface area (Å²) in [6.45, 7) is 0. The van der Waals surface area contributed by atoms with E-state index >= 15 is 0 Å². The molecular formula is C16H26F6N2O8S2. The molecule has 0 radical (unpaired) electrons. The molecule has 0 spiro atoms. The van der Waals surface area contributed by atoms with E-state index in [1.54, 1.807) is 21.6 Å². The Labute approximate surface area is 197 Å². The lowest BCUT2D eigenvalue weighted by molar-refractivity contribution is -0.193. The molecule has 18 heteroatoms. The number of rotatable bonds is 13. The molecule has 2 atom stereocenters. The van der Waals surface area contributed by atoms with Crippen molar-refractivity contribution >= 4 is 45.5 Å². The fourth-order valence-electron chi connectivity index (χ4n) is 1.42. The summed E-state index contributed by atoms with van der Waals surface area (Å²) in [5.41, 5.74) is 11.6. The molecule has 0 aliphatic rings. The van der Waals surface area contributed by atoms with Crippen molar-refractivity contribution in [2.75, 3.05) is 11.5 Å². The minimum atomic E-state index is -5.08. The van der Waals surface area contributed by atoms with Gasteiger partial charge in [0.2, 0.25) is 0 Å². The molecule has 0 rings (SSSR count). The van der Waals surface area contributed by atoms with Crippen LogP contribution in [0, 0.1) is 0 Å². The number of nitrogens with two attached hydrogens (primary N) is 2. The Kier molecular flexibility index (Phi) is 20.9. The van der Waals surface area contributed by atoms with E-state index in [9.17, 15) is 35.9 Å². The molecule has 8 N–H and O–H groups in total. The number of carboxylic acid groups (broad SMARTS) is 4. The van der Waals surface area contributed by atoms with Crippen molar-refractivity contribution in [3.8, 4) is 0 Å². The average Bonchev–Trinajstić information content (AvgIpc) is 2.66. The molecule has 0 unspecified atom stereocenters. The Balaban J connectivity index is -0.000000558. The monoisotopic (exact) mass is 552 g/mol. The number of hydrogen-bond donors (Lipinski definition) is 6. The van der Waals surface area contributed by atoms with Gasteiger partial charge in [-0.3, -0.25) is 9.59 Å². The molecule has 0 aromatic rings. The third-order valence-electron chi connectivity index (χ3n) is 3.17. The number of carbonyl (C=O) groups is 4. The maximum Gasteiger partial charge on any atom is 0.490 e. The van der Waals surface area contributed by atoms with Crippen LogP contribution >= 0.6 is 21.6 Å². The minimum absolute atomic E-state index is 0.0583. The molecule has 0 heterocycles. The maximum atomic E-state index is 10.6. The topological polar surface area (TPSA) is 201 Å². The fourth-order valence-corrected chi connectivity index (χ4v) is 3.74. The summed E-state index contributed by atoms with van der Waals surface area (Å²) < 4.78 is 63.5. The quantitative estimate of drug-likeness (QED) is 0.111. The zero-order chi connectivity index (χ0) is 27.5. The molecule has 0 aromatic heterocycles. The predicted molar refractivity (Wildman–Crippen MR) is 111 cm³/mol. The Morgan fingerprint density at radius 1 is 0.618 bits per heavy atom. The first-order chi connectivity index (χ1) is 15.3. The molecule has 0 saturated carbocycles. The lowest BCUT2D eigenvalue weighted by atomic mass is 10.1. The van der Waals surface area contributed by atoms with Crippen LogP contribution in [0.1, 0.15) is 38.5 Å². The van der Waals surface area contributed by atoms with Crippen molar-refractivity contribution in [2.24, 2.45) is 11.5 Å². The van der Waals surface area contributed by atoms with Crippen molar-refractivity contribution in [3.05, 3.63) is 0 Å². The van der Waals surface area contributed by atoms with E-state index in [0.29, 0.717) is 12.8 Å². The van der Waals surface area contributed by atoms with Crippen LogP contribution in [0.4, 0.5) is 26.3 Å². The predicted octanol–water partition coefficient (Wildman–Crippen LogP) is 2.80. The summed E-state index contributed by atoms with van der Waals surface area (Å²) in [4.78, 5) is 38.5. The Morgan fingerprint density at radius 2 is 0.853 bits per heavy atom. The van der Waals surface area contributed by atoms with E-state index in [1.807, 2.05) is 0 Å². The molecule has 0 aliphatic carbocycles. The van der Waals surface area contributed by atoms with Crippen molar-refractivity contribution in [1.82, 2.24) is 0 Å². The highest BCUT2D eigenvalue weighted by atomic mass is 33.1. The van der Waals surface area contributed by atoms with Gasteiger partial charge in [-0.1, -0.05) is 21.6 Å². The first-order valence-electron chi connectivity index (χ1n) is 9.10. The van der Waals surface area contributed by atoms with Crippen LogP contribution in [0.3, 0.4) is 0 Å². The second-order valence-corrected chi connectivity index (χ2v) is 8.91. The van der Waals surface area contributed by atoms with E-state index in [4.69, 9.17) is 41.5 Å². The molecule has 0 aliphatic heterocycles. The Morgan fingerprint density at radius 3 is 1.03 bits per heavy atom. The van der Waals surface area contributed by atoms with E-state index in [1.165, 1.54) is 0 Å². The summed E-state index contributed by atoms with van der Waals surface area (Å²) in [5, 5.41) is 31.3. The van der Waals surface area contributed by atoms with Gasteiger partial charge in [0, 0.05) is 36.4 Å². The molecule has 0 aromatic carbocycles. The van der Waals surface area contributed by atoms with E-state index in [2.05, 4.69) is 0 Å². The van der Waals surface area contributed by atoms with Crippen molar-refractivity contribution in [2.45, 2.75) is 63.0 Å². The Bertz CT molecular complexity index is 571. The van der Waals surface area contributed by atoms with Crippen LogP contribution in [0.2, 0.25) is 0 Å². The van der Waals surface area contributed by atoms with Gasteiger partial charge in [-0.2, -0.15) is 26.3 Å². The van der Waals surface area contributed by atoms with Crippen LogP contribution in [0.15, 0.2) is 0 Å². The second-order valence-electron chi connectivity index (χ2n) is 6.21. The molecule has 34 heavy (non-hydrogen) atoms. The van der Waals surface area contributed by atoms with Crippen LogP contribution in [-0.4, -0.2) is 80.2 Å². The van der Waals surface area contributed by atoms with Crippen LogP contribution < -0.4 is 11.5 Å². The standard InChI is InChI=1S/C12H24N2O4S2.2C2HF3O2/c13-9(1-3-11(15)16)5-7-19-20-8-6-10(14)2-4-12(17)18;2*3-2(4,5)1(6)7/h9-10H,1-8,13-14H2,(H,15,16)(H,17,18);2*(H,6,7)/t9-,10-;;/m0../s1. The number of carboxylic acids is 4. The van der Waals surface area contributed by atoms with Gasteiger partial charge in [-0.05, 0) is 25.7 Å². The van der Waals surface area contributed by atoms with Gasteiger partial charge in [0.25, 0.3) is 0 Å². The number of aliphatic carboxylic acids is 4. The van der Waals surface area contributed by atoms with Crippen LogP contribution in [-0.2, 0) is 19.2 Å². The van der Waals surface area contributed by atoms with E-state index < -0.39 is 36.2 Å². The molecule has 10 nitrogen and oxygen atoms in total. The van der Waals surface area contributed by atoms with E-state index in [0.717, 1.165) is 24.3 Å². The maximum absolute atomic E-state index is 10.6. The lowest BCUT2D eigenvalue weighted by Crippen LogP contribution is -2.22. The van der Waals surface area contributed by atoms with Crippen LogP contribution in [0.5, 0.6) is 0 Å². The zero-order valence-corrected chi connectivity index (χ0v) is 19.1. The van der Waals surface area contributed by atoms with E-state index in [-0.39, 0.29) is 24.9 Å². The first kappa shape index (κ1) is 36.6. The van der Waals surface area contributed by atoms with Crippen molar-refractivity contribution in [1.29, 1.82) is 0 Å². The molecule has 0 bridgehead atoms. The minimum Gasteiger partial charge on any atom is -0.481 e. The third kappa shape index (κ3) is 30.1. The fraction of sp³-hybridized carbons (Fsp3) is 0.750. The summed E-state index contributed by atoms with van der Waals surface area (Å²) >= 11 is 0. The summed E-state index contributed by atoms with van der Waals surface area (Å²) in [6.07, 6.45) is -7.29. The van der Waals surface area contributed by atoms with Gasteiger partial charge >= 0.3 is 36.2 Å². The lowest BCUT2D eigenvalue weighted by Gasteiger charge is -2.11. The summed E-state index contributed by atoms with van der Waals surface area (Å²) in [7, 11) is 3.40. The molecule has 0 amide bonds. The highest BCUT2D eigenvalue weighted by molar-refractivity contribution is 8.76. The number of alkyl halides is 6. The zero-order valence-electron chi connectivity index (χ0n) is 17.5. The average molecular weight is 553 g/mol. The van der Waals surface area contributed by atoms with Crippen molar-refractivity contribution < 1.29 is 65.9 Å². The van der Waals surface area contributed by atoms with Crippen LogP contribution in [0.25, 0.3) is 0 Å². The highest BCUT2D eigenvalue weighted by Gasteiger charge is 2.38. The normalized spacial score (nSPS) is 12.8. The third-order valence-corrected chi connectivity index (χ3v) is 5.64. The SMILES string of the molecule is N[C@H](CCSSCC[C@@H](N)CCC(=O)O)CCC(=O)O.O=C(O)C(F)(F)F.O=C(O)C(F)(F)F. The molecular weight excluding hydrogens is 526 g/mol. The molecule has 0 saturated heterocycles. The van der Waals surface area contributed by atoms with Gasteiger partial charge < -0.3 is 31.9 Å². The summed E-state index contributed by atoms with van der Waals surface area (Å²) in [6, 6.07) is -0.117. The van der Waals surface area contributed by atoms with Crippen molar-refractivity contribution in [3.63, 3.8) is 0 Å². The number of halogens is 6. The number of hydrogen-bond acceptors (Lipinski definition) is 8. The molecule has 0 fully saturated rings. The highest BCUT2D eigenvalue weighted by Crippen LogP contribution is 2.24. The summed E-state index contributed by atoms with van der Waals surface area (Å²) in [5.74, 6) is -5.36. The van der Waals surface area contributed by atoms with Gasteiger partial charge in [0.05, 0.1) is 0 Å². The van der Waals surface area contributed by atoms with Gasteiger partial charge in [0.1, 0.15) is 0 Å². The second kappa shape index (κ2) is 19.4.